The highest BCUT2D eigenvalue weighted by atomic mass is 19.1. The maximum absolute atomic E-state index is 13.5. The molecule has 0 radical (unpaired) electrons. The summed E-state index contributed by atoms with van der Waals surface area (Å²) in [6.45, 7) is 1.70. The number of hydrogen-bond donors (Lipinski definition) is 1. The van der Waals surface area contributed by atoms with Crippen molar-refractivity contribution in [2.45, 2.75) is 44.6 Å². The van der Waals surface area contributed by atoms with E-state index in [1.165, 1.54) is 18.0 Å². The molecular formula is C16H20FNO3. The van der Waals surface area contributed by atoms with Crippen molar-refractivity contribution in [3.05, 3.63) is 35.1 Å². The van der Waals surface area contributed by atoms with E-state index in [1.54, 1.807) is 13.0 Å². The largest absolute Gasteiger partial charge is 0.479 e. The Bertz CT molecular complexity index is 544. The second-order valence-electron chi connectivity index (χ2n) is 5.78. The van der Waals surface area contributed by atoms with Crippen molar-refractivity contribution in [1.29, 1.82) is 0 Å². The molecule has 1 amide bonds. The number of likely N-dealkylation sites (N-methyl/N-ethyl adjacent to an activating group) is 1. The number of benzene rings is 1. The number of carbonyl (C=O) groups excluding carboxylic acids is 1. The van der Waals surface area contributed by atoms with Gasteiger partial charge in [-0.25, -0.2) is 9.18 Å². The molecule has 1 fully saturated rings. The topological polar surface area (TPSA) is 57.6 Å². The van der Waals surface area contributed by atoms with Crippen LogP contribution < -0.4 is 0 Å². The van der Waals surface area contributed by atoms with E-state index in [2.05, 4.69) is 0 Å². The lowest BCUT2D eigenvalue weighted by Gasteiger charge is -2.41. The summed E-state index contributed by atoms with van der Waals surface area (Å²) >= 11 is 0. The molecular weight excluding hydrogens is 273 g/mol. The van der Waals surface area contributed by atoms with E-state index < -0.39 is 23.2 Å². The third kappa shape index (κ3) is 2.91. The fraction of sp³-hybridized carbons (Fsp3) is 0.500. The third-order valence-corrected chi connectivity index (χ3v) is 4.31. The fourth-order valence-corrected chi connectivity index (χ4v) is 3.08. The van der Waals surface area contributed by atoms with Crippen LogP contribution in [-0.4, -0.2) is 34.5 Å². The van der Waals surface area contributed by atoms with Crippen molar-refractivity contribution in [1.82, 2.24) is 4.90 Å². The smallest absolute Gasteiger partial charge is 0.329 e. The third-order valence-electron chi connectivity index (χ3n) is 4.31. The molecule has 0 heterocycles. The Morgan fingerprint density at radius 3 is 2.33 bits per heavy atom. The maximum atomic E-state index is 13.5. The Balaban J connectivity index is 2.34. The van der Waals surface area contributed by atoms with Crippen molar-refractivity contribution in [3.63, 3.8) is 0 Å². The van der Waals surface area contributed by atoms with Gasteiger partial charge >= 0.3 is 5.97 Å². The van der Waals surface area contributed by atoms with Crippen LogP contribution in [0.3, 0.4) is 0 Å². The second-order valence-corrected chi connectivity index (χ2v) is 5.78. The zero-order valence-electron chi connectivity index (χ0n) is 12.4. The first kappa shape index (κ1) is 15.5. The van der Waals surface area contributed by atoms with Crippen LogP contribution in [0.5, 0.6) is 0 Å². The summed E-state index contributed by atoms with van der Waals surface area (Å²) in [7, 11) is 1.50. The average molecular weight is 293 g/mol. The van der Waals surface area contributed by atoms with Crippen LogP contribution in [0.2, 0.25) is 0 Å². The molecule has 1 aliphatic carbocycles. The summed E-state index contributed by atoms with van der Waals surface area (Å²) < 4.78 is 13.5. The van der Waals surface area contributed by atoms with Gasteiger partial charge in [0.05, 0.1) is 0 Å². The number of nitrogens with zero attached hydrogens (tertiary/aromatic N) is 1. The van der Waals surface area contributed by atoms with Crippen molar-refractivity contribution in [2.24, 2.45) is 0 Å². The van der Waals surface area contributed by atoms with E-state index in [0.29, 0.717) is 18.4 Å². The van der Waals surface area contributed by atoms with Crippen LogP contribution in [0.25, 0.3) is 0 Å². The maximum Gasteiger partial charge on any atom is 0.329 e. The highest BCUT2D eigenvalue weighted by Crippen LogP contribution is 2.34. The van der Waals surface area contributed by atoms with Crippen LogP contribution in [0.1, 0.15) is 48.0 Å². The minimum Gasteiger partial charge on any atom is -0.479 e. The predicted octanol–water partition coefficient (Wildman–Crippen LogP) is 2.99. The first-order chi connectivity index (χ1) is 9.86. The van der Waals surface area contributed by atoms with Crippen molar-refractivity contribution in [3.8, 4) is 0 Å². The van der Waals surface area contributed by atoms with Crippen molar-refractivity contribution >= 4 is 11.9 Å². The molecule has 0 spiro atoms. The number of aryl methyl sites for hydroxylation is 1. The monoisotopic (exact) mass is 293 g/mol. The number of aliphatic carboxylic acids is 1. The van der Waals surface area contributed by atoms with Crippen LogP contribution in [0, 0.1) is 12.7 Å². The van der Waals surface area contributed by atoms with Gasteiger partial charge in [0.25, 0.3) is 5.91 Å². The number of rotatable bonds is 3. The summed E-state index contributed by atoms with van der Waals surface area (Å²) in [4.78, 5) is 25.6. The van der Waals surface area contributed by atoms with Gasteiger partial charge in [-0.1, -0.05) is 19.3 Å². The predicted molar refractivity (Wildman–Crippen MR) is 76.7 cm³/mol. The molecule has 1 saturated carbocycles. The van der Waals surface area contributed by atoms with Crippen LogP contribution in [-0.2, 0) is 4.79 Å². The minimum atomic E-state index is -1.17. The Morgan fingerprint density at radius 2 is 1.81 bits per heavy atom. The molecule has 0 aliphatic heterocycles. The first-order valence-corrected chi connectivity index (χ1v) is 7.15. The Hall–Kier alpha value is -1.91. The summed E-state index contributed by atoms with van der Waals surface area (Å²) in [5.41, 5.74) is -0.337. The van der Waals surface area contributed by atoms with Crippen molar-refractivity contribution in [2.75, 3.05) is 7.05 Å². The molecule has 5 heteroatoms. The molecule has 21 heavy (non-hydrogen) atoms. The summed E-state index contributed by atoms with van der Waals surface area (Å²) in [6, 6.07) is 4.08. The lowest BCUT2D eigenvalue weighted by atomic mass is 9.80. The standard InChI is InChI=1S/C16H20FNO3/c1-11-8-12(10-13(17)9-11)14(19)18(2)16(15(20)21)6-4-3-5-7-16/h8-10H,3-7H2,1-2H3,(H,20,21). The highest BCUT2D eigenvalue weighted by molar-refractivity contribution is 5.98. The zero-order valence-corrected chi connectivity index (χ0v) is 12.4. The molecule has 0 saturated heterocycles. The minimum absolute atomic E-state index is 0.196. The van der Waals surface area contributed by atoms with Gasteiger partial charge in [-0.05, 0) is 43.5 Å². The van der Waals surface area contributed by atoms with Crippen molar-refractivity contribution < 1.29 is 19.1 Å². The van der Waals surface area contributed by atoms with Crippen LogP contribution in [0.4, 0.5) is 4.39 Å². The molecule has 1 N–H and O–H groups in total. The summed E-state index contributed by atoms with van der Waals surface area (Å²) in [6.07, 6.45) is 3.44. The van der Waals surface area contributed by atoms with Gasteiger partial charge in [0.2, 0.25) is 0 Å². The fourth-order valence-electron chi connectivity index (χ4n) is 3.08. The van der Waals surface area contributed by atoms with E-state index in [4.69, 9.17) is 0 Å². The Kier molecular flexibility index (Phi) is 4.30. The van der Waals surface area contributed by atoms with E-state index in [9.17, 15) is 19.1 Å². The molecule has 0 unspecified atom stereocenters. The Labute approximate surface area is 123 Å². The van der Waals surface area contributed by atoms with Gasteiger partial charge in [-0.2, -0.15) is 0 Å². The second kappa shape index (κ2) is 5.84. The molecule has 2 rings (SSSR count). The number of halogens is 1. The lowest BCUT2D eigenvalue weighted by molar-refractivity contribution is -0.151. The quantitative estimate of drug-likeness (QED) is 0.932. The lowest BCUT2D eigenvalue weighted by Crippen LogP contribution is -2.56. The number of carbonyl (C=O) groups is 2. The summed E-state index contributed by atoms with van der Waals surface area (Å²) in [5.74, 6) is -1.91. The van der Waals surface area contributed by atoms with E-state index >= 15 is 0 Å². The van der Waals surface area contributed by atoms with Gasteiger partial charge in [0, 0.05) is 12.6 Å². The van der Waals surface area contributed by atoms with Gasteiger partial charge in [-0.15, -0.1) is 0 Å². The molecule has 114 valence electrons. The van der Waals surface area contributed by atoms with E-state index in [0.717, 1.165) is 25.3 Å². The molecule has 1 aliphatic rings. The van der Waals surface area contributed by atoms with Gasteiger partial charge < -0.3 is 10.0 Å². The van der Waals surface area contributed by atoms with Crippen LogP contribution in [0.15, 0.2) is 18.2 Å². The number of hydrogen-bond acceptors (Lipinski definition) is 2. The molecule has 1 aromatic rings. The van der Waals surface area contributed by atoms with Gasteiger partial charge in [0.15, 0.2) is 0 Å². The molecule has 0 atom stereocenters. The number of amides is 1. The zero-order chi connectivity index (χ0) is 15.6. The summed E-state index contributed by atoms with van der Waals surface area (Å²) in [5, 5.41) is 9.60. The molecule has 0 bridgehead atoms. The first-order valence-electron chi connectivity index (χ1n) is 7.15. The molecule has 4 nitrogen and oxygen atoms in total. The number of carboxylic acid groups (broad SMARTS) is 1. The van der Waals surface area contributed by atoms with Gasteiger partial charge in [0.1, 0.15) is 11.4 Å². The van der Waals surface area contributed by atoms with E-state index in [-0.39, 0.29) is 5.56 Å². The van der Waals surface area contributed by atoms with Crippen LogP contribution >= 0.6 is 0 Å². The Morgan fingerprint density at radius 1 is 1.19 bits per heavy atom. The average Bonchev–Trinajstić information content (AvgIpc) is 2.45. The van der Waals surface area contributed by atoms with Gasteiger partial charge in [-0.3, -0.25) is 4.79 Å². The SMILES string of the molecule is Cc1cc(F)cc(C(=O)N(C)C2(C(=O)O)CCCCC2)c1. The highest BCUT2D eigenvalue weighted by Gasteiger charge is 2.45. The number of carboxylic acids is 1. The normalized spacial score (nSPS) is 17.3. The molecule has 0 aromatic heterocycles. The van der Waals surface area contributed by atoms with E-state index in [1.807, 2.05) is 0 Å². The molecule has 1 aromatic carbocycles.